The van der Waals surface area contributed by atoms with Crippen LogP contribution in [0.15, 0.2) is 33.7 Å². The summed E-state index contributed by atoms with van der Waals surface area (Å²) in [5.74, 6) is 0. The second-order valence-electron chi connectivity index (χ2n) is 4.42. The van der Waals surface area contributed by atoms with Gasteiger partial charge in [-0.15, -0.1) is 0 Å². The Morgan fingerprint density at radius 2 is 2.00 bits per heavy atom. The number of hydrogen-bond acceptors (Lipinski definition) is 5. The maximum Gasteiger partial charge on any atom is 0.203 e. The van der Waals surface area contributed by atoms with E-state index in [4.69, 9.17) is 9.15 Å². The molecule has 1 fully saturated rings. The third-order valence-corrected chi connectivity index (χ3v) is 3.29. The molecule has 3 rings (SSSR count). The minimum Gasteiger partial charge on any atom is -0.463 e. The summed E-state index contributed by atoms with van der Waals surface area (Å²) in [4.78, 5) is 25.0. The van der Waals surface area contributed by atoms with Gasteiger partial charge in [-0.1, -0.05) is 0 Å². The van der Waals surface area contributed by atoms with Gasteiger partial charge in [0, 0.05) is 18.8 Å². The van der Waals surface area contributed by atoms with Crippen molar-refractivity contribution in [3.63, 3.8) is 0 Å². The highest BCUT2D eigenvalue weighted by atomic mass is 16.5. The number of benzene rings is 1. The van der Waals surface area contributed by atoms with Gasteiger partial charge in [0.05, 0.1) is 24.2 Å². The molecule has 5 heteroatoms. The first-order valence-corrected chi connectivity index (χ1v) is 6.13. The van der Waals surface area contributed by atoms with E-state index in [0.717, 1.165) is 18.8 Å². The first kappa shape index (κ1) is 11.9. The second kappa shape index (κ2) is 4.85. The van der Waals surface area contributed by atoms with Gasteiger partial charge in [0.15, 0.2) is 6.29 Å². The molecule has 5 nitrogen and oxygen atoms in total. The number of hydrogen-bond donors (Lipinski definition) is 0. The van der Waals surface area contributed by atoms with Crippen molar-refractivity contribution in [3.8, 4) is 0 Å². The highest BCUT2D eigenvalue weighted by molar-refractivity contribution is 5.86. The lowest BCUT2D eigenvalue weighted by molar-refractivity contribution is 0.112. The Labute approximate surface area is 109 Å². The van der Waals surface area contributed by atoms with Crippen LogP contribution in [0.1, 0.15) is 10.4 Å². The maximum atomic E-state index is 12.1. The fraction of sp³-hybridized carbons (Fsp3) is 0.286. The van der Waals surface area contributed by atoms with Crippen molar-refractivity contribution in [2.75, 3.05) is 31.2 Å². The molecule has 98 valence electrons. The van der Waals surface area contributed by atoms with Gasteiger partial charge in [-0.3, -0.25) is 9.59 Å². The van der Waals surface area contributed by atoms with Crippen molar-refractivity contribution >= 4 is 22.9 Å². The van der Waals surface area contributed by atoms with Crippen molar-refractivity contribution in [2.24, 2.45) is 0 Å². The van der Waals surface area contributed by atoms with Crippen LogP contribution in [-0.4, -0.2) is 32.6 Å². The fourth-order valence-electron chi connectivity index (χ4n) is 2.23. The summed E-state index contributed by atoms with van der Waals surface area (Å²) in [6.07, 6.45) is 1.72. The molecule has 2 aromatic rings. The maximum absolute atomic E-state index is 12.1. The molecule has 0 spiro atoms. The average molecular weight is 259 g/mol. The van der Waals surface area contributed by atoms with Crippen LogP contribution in [0.25, 0.3) is 11.0 Å². The summed E-state index contributed by atoms with van der Waals surface area (Å²) in [7, 11) is 0. The number of carbonyl (C=O) groups is 1. The molecule has 1 aromatic carbocycles. The van der Waals surface area contributed by atoms with E-state index in [0.29, 0.717) is 30.5 Å². The van der Waals surface area contributed by atoms with Crippen molar-refractivity contribution < 1.29 is 13.9 Å². The Hall–Kier alpha value is -2.14. The zero-order valence-electron chi connectivity index (χ0n) is 10.3. The molecule has 0 saturated carbocycles. The van der Waals surface area contributed by atoms with Gasteiger partial charge in [0.25, 0.3) is 0 Å². The molecule has 1 aliphatic rings. The molecule has 0 atom stereocenters. The van der Waals surface area contributed by atoms with Crippen molar-refractivity contribution in [2.45, 2.75) is 0 Å². The van der Waals surface area contributed by atoms with Crippen LogP contribution < -0.4 is 10.3 Å². The first-order chi connectivity index (χ1) is 9.29. The van der Waals surface area contributed by atoms with E-state index >= 15 is 0 Å². The minimum absolute atomic E-state index is 0.0478. The van der Waals surface area contributed by atoms with E-state index in [9.17, 15) is 9.59 Å². The van der Waals surface area contributed by atoms with E-state index in [1.807, 2.05) is 6.07 Å². The summed E-state index contributed by atoms with van der Waals surface area (Å²) < 4.78 is 10.6. The monoisotopic (exact) mass is 259 g/mol. The van der Waals surface area contributed by atoms with E-state index < -0.39 is 0 Å². The average Bonchev–Trinajstić information content (AvgIpc) is 2.48. The highest BCUT2D eigenvalue weighted by Crippen LogP contribution is 2.21. The number of carbonyl (C=O) groups excluding carboxylic acids is 1. The van der Waals surface area contributed by atoms with Crippen LogP contribution in [0.2, 0.25) is 0 Å². The van der Waals surface area contributed by atoms with E-state index in [2.05, 4.69) is 4.90 Å². The Kier molecular flexibility index (Phi) is 3.05. The molecule has 0 radical (unpaired) electrons. The second-order valence-corrected chi connectivity index (χ2v) is 4.42. The van der Waals surface area contributed by atoms with Crippen LogP contribution in [-0.2, 0) is 4.74 Å². The van der Waals surface area contributed by atoms with Crippen molar-refractivity contribution in [1.82, 2.24) is 0 Å². The smallest absolute Gasteiger partial charge is 0.203 e. The lowest BCUT2D eigenvalue weighted by atomic mass is 10.1. The van der Waals surface area contributed by atoms with Gasteiger partial charge in [-0.2, -0.15) is 0 Å². The molecule has 1 saturated heterocycles. The third kappa shape index (κ3) is 2.13. The summed E-state index contributed by atoms with van der Waals surface area (Å²) in [5, 5.41) is 0.439. The minimum atomic E-state index is -0.286. The van der Waals surface area contributed by atoms with E-state index in [1.165, 1.54) is 6.26 Å². The van der Waals surface area contributed by atoms with Crippen LogP contribution >= 0.6 is 0 Å². The zero-order valence-corrected chi connectivity index (χ0v) is 10.3. The normalized spacial score (nSPS) is 15.7. The van der Waals surface area contributed by atoms with Gasteiger partial charge in [-0.25, -0.2) is 0 Å². The summed E-state index contributed by atoms with van der Waals surface area (Å²) >= 11 is 0. The molecule has 2 heterocycles. The third-order valence-electron chi connectivity index (χ3n) is 3.29. The van der Waals surface area contributed by atoms with E-state index in [-0.39, 0.29) is 11.0 Å². The van der Waals surface area contributed by atoms with Crippen LogP contribution in [0.5, 0.6) is 0 Å². The van der Waals surface area contributed by atoms with Crippen LogP contribution in [0, 0.1) is 0 Å². The van der Waals surface area contributed by atoms with Crippen molar-refractivity contribution in [1.29, 1.82) is 0 Å². The van der Waals surface area contributed by atoms with Crippen LogP contribution in [0.3, 0.4) is 0 Å². The predicted molar refractivity (Wildman–Crippen MR) is 70.9 cm³/mol. The molecular weight excluding hydrogens is 246 g/mol. The van der Waals surface area contributed by atoms with E-state index in [1.54, 1.807) is 12.1 Å². The van der Waals surface area contributed by atoms with Crippen LogP contribution in [0.4, 0.5) is 5.69 Å². The molecule has 0 unspecified atom stereocenters. The molecule has 0 N–H and O–H groups in total. The lowest BCUT2D eigenvalue weighted by Crippen LogP contribution is -2.36. The Morgan fingerprint density at radius 1 is 1.21 bits per heavy atom. The molecular formula is C14H13NO4. The van der Waals surface area contributed by atoms with Gasteiger partial charge in [-0.05, 0) is 18.2 Å². The summed E-state index contributed by atoms with van der Waals surface area (Å²) in [6, 6.07) is 5.45. The largest absolute Gasteiger partial charge is 0.463 e. The number of anilines is 1. The molecule has 1 aromatic heterocycles. The number of aldehydes is 1. The Morgan fingerprint density at radius 3 is 2.74 bits per heavy atom. The number of rotatable bonds is 2. The van der Waals surface area contributed by atoms with Gasteiger partial charge in [0.1, 0.15) is 11.8 Å². The predicted octanol–water partition coefficient (Wildman–Crippen LogP) is 1.44. The number of fused-ring (bicyclic) bond motifs is 1. The molecule has 0 amide bonds. The topological polar surface area (TPSA) is 59.8 Å². The SMILES string of the molecule is O=Cc1coc2ccc(N3CCOCC3)cc2c1=O. The lowest BCUT2D eigenvalue weighted by Gasteiger charge is -2.28. The van der Waals surface area contributed by atoms with Crippen molar-refractivity contribution in [3.05, 3.63) is 40.2 Å². The Balaban J connectivity index is 2.10. The fourth-order valence-corrected chi connectivity index (χ4v) is 2.23. The standard InChI is InChI=1S/C14H13NO4/c16-8-10-9-19-13-2-1-11(7-12(13)14(10)17)15-3-5-18-6-4-15/h1-2,7-9H,3-6H2. The Bertz CT molecular complexity index is 671. The summed E-state index contributed by atoms with van der Waals surface area (Å²) in [5.41, 5.74) is 1.21. The van der Waals surface area contributed by atoms with Gasteiger partial charge in [0.2, 0.25) is 5.43 Å². The van der Waals surface area contributed by atoms with Gasteiger partial charge < -0.3 is 14.1 Å². The summed E-state index contributed by atoms with van der Waals surface area (Å²) in [6.45, 7) is 2.95. The number of nitrogens with zero attached hydrogens (tertiary/aromatic N) is 1. The molecule has 1 aliphatic heterocycles. The quantitative estimate of drug-likeness (QED) is 0.764. The van der Waals surface area contributed by atoms with Gasteiger partial charge >= 0.3 is 0 Å². The first-order valence-electron chi connectivity index (χ1n) is 6.13. The molecule has 0 bridgehead atoms. The molecule has 0 aliphatic carbocycles. The number of morpholine rings is 1. The molecule has 19 heavy (non-hydrogen) atoms. The highest BCUT2D eigenvalue weighted by Gasteiger charge is 2.13. The zero-order chi connectivity index (χ0) is 13.2. The number of ether oxygens (including phenoxy) is 1.